The molecule has 1 saturated heterocycles. The van der Waals surface area contributed by atoms with Crippen LogP contribution in [0.1, 0.15) is 71.1 Å². The van der Waals surface area contributed by atoms with Crippen LogP contribution in [0.25, 0.3) is 0 Å². The number of nitriles is 1. The molecule has 7 nitrogen and oxygen atoms in total. The Morgan fingerprint density at radius 2 is 1.97 bits per heavy atom. The molecule has 0 radical (unpaired) electrons. The van der Waals surface area contributed by atoms with Crippen LogP contribution in [-0.4, -0.2) is 28.0 Å². The molecular formula is C23H24ClN3O4S. The van der Waals surface area contributed by atoms with Gasteiger partial charge in [-0.2, -0.15) is 5.26 Å². The van der Waals surface area contributed by atoms with Crippen molar-refractivity contribution in [3.05, 3.63) is 57.6 Å². The third-order valence-electron chi connectivity index (χ3n) is 5.93. The van der Waals surface area contributed by atoms with E-state index in [4.69, 9.17) is 16.3 Å². The van der Waals surface area contributed by atoms with Crippen molar-refractivity contribution in [3.8, 4) is 6.07 Å². The summed E-state index contributed by atoms with van der Waals surface area (Å²) in [7, 11) is -2.80. The van der Waals surface area contributed by atoms with Crippen LogP contribution < -0.4 is 10.0 Å². The number of sulfonamides is 1. The first-order valence-electron chi connectivity index (χ1n) is 10.6. The number of nitrogens with one attached hydrogen (secondary N) is 2. The van der Waals surface area contributed by atoms with Crippen LogP contribution >= 0.6 is 11.6 Å². The van der Waals surface area contributed by atoms with Crippen molar-refractivity contribution >= 4 is 33.3 Å². The summed E-state index contributed by atoms with van der Waals surface area (Å²) >= 11 is 6.28. The highest BCUT2D eigenvalue weighted by atomic mass is 35.5. The van der Waals surface area contributed by atoms with Crippen molar-refractivity contribution in [1.82, 2.24) is 5.32 Å². The monoisotopic (exact) mass is 473 g/mol. The van der Waals surface area contributed by atoms with Gasteiger partial charge in [-0.15, -0.1) is 0 Å². The van der Waals surface area contributed by atoms with Gasteiger partial charge in [-0.05, 0) is 73.5 Å². The second kappa shape index (κ2) is 9.10. The van der Waals surface area contributed by atoms with Crippen LogP contribution in [0, 0.1) is 11.3 Å². The first kappa shape index (κ1) is 22.6. The van der Waals surface area contributed by atoms with Gasteiger partial charge in [-0.3, -0.25) is 4.72 Å². The number of carbonyl (C=O) groups excluding carboxylic acids is 1. The second-order valence-electron chi connectivity index (χ2n) is 8.16. The minimum atomic E-state index is -4.05. The van der Waals surface area contributed by atoms with E-state index in [0.717, 1.165) is 38.6 Å². The number of ether oxygens (including phenoxy) is 1. The highest BCUT2D eigenvalue weighted by molar-refractivity contribution is 7.92. The first-order chi connectivity index (χ1) is 15.3. The zero-order valence-electron chi connectivity index (χ0n) is 17.7. The highest BCUT2D eigenvalue weighted by Crippen LogP contribution is 2.44. The Bertz CT molecular complexity index is 1200. The molecule has 1 saturated carbocycles. The molecule has 168 valence electrons. The molecule has 1 atom stereocenters. The number of halogens is 1. The SMILES string of the molecule is COC(=O)c1ccc(C2CC2)c(S(=O)(=O)Nc2cc(C#N)c(Cl)cc2C2CCCCN2)c1. The molecule has 2 aliphatic rings. The van der Waals surface area contributed by atoms with Gasteiger partial charge < -0.3 is 10.1 Å². The molecule has 4 rings (SSSR count). The van der Waals surface area contributed by atoms with Crippen molar-refractivity contribution in [3.63, 3.8) is 0 Å². The number of carbonyl (C=O) groups is 1. The Labute approximate surface area is 192 Å². The van der Waals surface area contributed by atoms with E-state index in [9.17, 15) is 18.5 Å². The van der Waals surface area contributed by atoms with E-state index in [2.05, 4.69) is 10.0 Å². The summed E-state index contributed by atoms with van der Waals surface area (Å²) in [5, 5.41) is 13.1. The molecule has 2 fully saturated rings. The van der Waals surface area contributed by atoms with Gasteiger partial charge in [0.05, 0.1) is 33.8 Å². The molecule has 1 aliphatic heterocycles. The topological polar surface area (TPSA) is 108 Å². The van der Waals surface area contributed by atoms with Gasteiger partial charge >= 0.3 is 5.97 Å². The third kappa shape index (κ3) is 4.60. The zero-order chi connectivity index (χ0) is 22.9. The number of benzene rings is 2. The van der Waals surface area contributed by atoms with Crippen molar-refractivity contribution in [2.75, 3.05) is 18.4 Å². The average molecular weight is 474 g/mol. The molecule has 32 heavy (non-hydrogen) atoms. The van der Waals surface area contributed by atoms with Crippen molar-refractivity contribution < 1.29 is 17.9 Å². The van der Waals surface area contributed by atoms with Crippen molar-refractivity contribution in [2.24, 2.45) is 0 Å². The molecule has 0 spiro atoms. The quantitative estimate of drug-likeness (QED) is 0.598. The smallest absolute Gasteiger partial charge is 0.337 e. The van der Waals surface area contributed by atoms with E-state index in [0.29, 0.717) is 16.8 Å². The summed E-state index contributed by atoms with van der Waals surface area (Å²) in [5.74, 6) is -0.457. The number of hydrogen-bond donors (Lipinski definition) is 2. The fourth-order valence-electron chi connectivity index (χ4n) is 4.11. The molecule has 0 amide bonds. The second-order valence-corrected chi connectivity index (χ2v) is 10.2. The summed E-state index contributed by atoms with van der Waals surface area (Å²) in [6.45, 7) is 0.821. The minimum Gasteiger partial charge on any atom is -0.465 e. The molecular weight excluding hydrogens is 450 g/mol. The predicted octanol–water partition coefficient (Wildman–Crippen LogP) is 4.49. The number of hydrogen-bond acceptors (Lipinski definition) is 6. The normalized spacial score (nSPS) is 18.6. The lowest BCUT2D eigenvalue weighted by Gasteiger charge is -2.26. The average Bonchev–Trinajstić information content (AvgIpc) is 3.65. The summed E-state index contributed by atoms with van der Waals surface area (Å²) in [4.78, 5) is 12.1. The fourth-order valence-corrected chi connectivity index (χ4v) is 5.73. The Kier molecular flexibility index (Phi) is 6.42. The van der Waals surface area contributed by atoms with E-state index in [1.807, 2.05) is 6.07 Å². The van der Waals surface area contributed by atoms with Crippen LogP contribution in [0.15, 0.2) is 35.2 Å². The van der Waals surface area contributed by atoms with Crippen LogP contribution in [0.2, 0.25) is 5.02 Å². The molecule has 1 heterocycles. The van der Waals surface area contributed by atoms with E-state index < -0.39 is 16.0 Å². The lowest BCUT2D eigenvalue weighted by Crippen LogP contribution is -2.28. The molecule has 0 bridgehead atoms. The molecule has 2 aromatic rings. The van der Waals surface area contributed by atoms with Gasteiger partial charge in [0.25, 0.3) is 10.0 Å². The molecule has 2 N–H and O–H groups in total. The molecule has 1 aliphatic carbocycles. The first-order valence-corrected chi connectivity index (χ1v) is 12.4. The number of methoxy groups -OCH3 is 1. The van der Waals surface area contributed by atoms with Crippen molar-refractivity contribution in [1.29, 1.82) is 5.26 Å². The standard InChI is InChI=1S/C23H24ClN3O4S/c1-31-23(28)15-7-8-17(14-5-6-14)22(11-15)32(29,30)27-21-10-16(13-25)19(24)12-18(21)20-4-2-3-9-26-20/h7-8,10-12,14,20,26-27H,2-6,9H2,1H3. The highest BCUT2D eigenvalue weighted by Gasteiger charge is 2.32. The fraction of sp³-hybridized carbons (Fsp3) is 0.391. The number of anilines is 1. The maximum atomic E-state index is 13.5. The van der Waals surface area contributed by atoms with E-state index in [-0.39, 0.29) is 33.0 Å². The number of nitrogens with zero attached hydrogens (tertiary/aromatic N) is 1. The lowest BCUT2D eigenvalue weighted by atomic mass is 9.95. The molecule has 2 aromatic carbocycles. The Hall–Kier alpha value is -2.60. The van der Waals surface area contributed by atoms with Gasteiger partial charge in [0, 0.05) is 6.04 Å². The third-order valence-corrected chi connectivity index (χ3v) is 7.66. The molecule has 1 unspecified atom stereocenters. The van der Waals surface area contributed by atoms with Crippen LogP contribution in [0.4, 0.5) is 5.69 Å². The van der Waals surface area contributed by atoms with Crippen LogP contribution in [0.5, 0.6) is 0 Å². The Balaban J connectivity index is 1.78. The number of piperidine rings is 1. The maximum Gasteiger partial charge on any atom is 0.337 e. The van der Waals surface area contributed by atoms with E-state index >= 15 is 0 Å². The van der Waals surface area contributed by atoms with Gasteiger partial charge in [-0.25, -0.2) is 13.2 Å². The predicted molar refractivity (Wildman–Crippen MR) is 121 cm³/mol. The van der Waals surface area contributed by atoms with E-state index in [1.54, 1.807) is 18.2 Å². The van der Waals surface area contributed by atoms with Gasteiger partial charge in [0.1, 0.15) is 6.07 Å². The molecule has 0 aromatic heterocycles. The Morgan fingerprint density at radius 1 is 1.19 bits per heavy atom. The molecule has 9 heteroatoms. The zero-order valence-corrected chi connectivity index (χ0v) is 19.2. The number of esters is 1. The van der Waals surface area contributed by atoms with Gasteiger partial charge in [0.2, 0.25) is 0 Å². The summed E-state index contributed by atoms with van der Waals surface area (Å²) in [6.07, 6.45) is 4.69. The minimum absolute atomic E-state index is 0.0545. The summed E-state index contributed by atoms with van der Waals surface area (Å²) in [5.41, 5.74) is 2.05. The van der Waals surface area contributed by atoms with Crippen LogP contribution in [-0.2, 0) is 14.8 Å². The Morgan fingerprint density at radius 3 is 2.59 bits per heavy atom. The van der Waals surface area contributed by atoms with Gasteiger partial charge in [-0.1, -0.05) is 24.1 Å². The number of rotatable bonds is 6. The summed E-state index contributed by atoms with van der Waals surface area (Å²) < 4.78 is 34.5. The lowest BCUT2D eigenvalue weighted by molar-refractivity contribution is 0.0600. The van der Waals surface area contributed by atoms with Crippen molar-refractivity contribution in [2.45, 2.75) is 49.0 Å². The largest absolute Gasteiger partial charge is 0.465 e. The summed E-state index contributed by atoms with van der Waals surface area (Å²) in [6, 6.07) is 9.72. The van der Waals surface area contributed by atoms with E-state index in [1.165, 1.54) is 19.2 Å². The van der Waals surface area contributed by atoms with Gasteiger partial charge in [0.15, 0.2) is 0 Å². The maximum absolute atomic E-state index is 13.5. The van der Waals surface area contributed by atoms with Crippen LogP contribution in [0.3, 0.4) is 0 Å².